The van der Waals surface area contributed by atoms with Crippen LogP contribution in [-0.2, 0) is 0 Å². The molecule has 192 valence electrons. The van der Waals surface area contributed by atoms with Crippen molar-refractivity contribution in [3.05, 3.63) is 149 Å². The van der Waals surface area contributed by atoms with Gasteiger partial charge in [-0.2, -0.15) is 0 Å². The summed E-state index contributed by atoms with van der Waals surface area (Å²) >= 11 is 0. The van der Waals surface area contributed by atoms with Gasteiger partial charge in [0, 0.05) is 16.5 Å². The molecule has 1 fully saturated rings. The molecular formula is C34H22N2O4. The molecule has 5 aromatic rings. The van der Waals surface area contributed by atoms with Crippen molar-refractivity contribution < 1.29 is 19.2 Å². The number of hydrogen-bond donors (Lipinski definition) is 0. The fourth-order valence-corrected chi connectivity index (χ4v) is 5.66. The third-order valence-electron chi connectivity index (χ3n) is 7.65. The van der Waals surface area contributed by atoms with Crippen molar-refractivity contribution >= 4 is 40.0 Å². The molecule has 0 radical (unpaired) electrons. The van der Waals surface area contributed by atoms with Crippen LogP contribution in [-0.4, -0.2) is 34.4 Å². The number of hydrogen-bond acceptors (Lipinski definition) is 4. The molecule has 6 heteroatoms. The first-order valence-corrected chi connectivity index (χ1v) is 13.0. The lowest BCUT2D eigenvalue weighted by molar-refractivity contribution is 0.0833. The van der Waals surface area contributed by atoms with E-state index in [1.807, 2.05) is 72.8 Å². The van der Waals surface area contributed by atoms with Gasteiger partial charge in [0.2, 0.25) is 0 Å². The average molecular weight is 523 g/mol. The van der Waals surface area contributed by atoms with Crippen LogP contribution in [0.25, 0.3) is 10.8 Å². The number of ketones is 1. The molecule has 7 rings (SSSR count). The second-order valence-corrected chi connectivity index (χ2v) is 9.95. The van der Waals surface area contributed by atoms with E-state index < -0.39 is 23.9 Å². The van der Waals surface area contributed by atoms with Gasteiger partial charge in [-0.3, -0.25) is 19.2 Å². The van der Waals surface area contributed by atoms with Gasteiger partial charge in [0.1, 0.15) is 6.04 Å². The lowest BCUT2D eigenvalue weighted by atomic mass is 10.0. The van der Waals surface area contributed by atoms with Crippen LogP contribution in [0.1, 0.15) is 53.0 Å². The van der Waals surface area contributed by atoms with Crippen molar-refractivity contribution in [3.63, 3.8) is 0 Å². The Morgan fingerprint density at radius 2 is 1.25 bits per heavy atom. The van der Waals surface area contributed by atoms with Crippen LogP contribution in [0.5, 0.6) is 0 Å². The molecule has 0 aliphatic carbocycles. The number of imide groups is 1. The molecule has 0 saturated carbocycles. The fraction of sp³-hybridized carbons (Fsp3) is 0.0588. The van der Waals surface area contributed by atoms with Gasteiger partial charge < -0.3 is 4.90 Å². The minimum absolute atomic E-state index is 0.141. The van der Waals surface area contributed by atoms with Crippen molar-refractivity contribution in [1.29, 1.82) is 0 Å². The summed E-state index contributed by atoms with van der Waals surface area (Å²) in [6.07, 6.45) is 0. The molecule has 0 unspecified atom stereocenters. The highest BCUT2D eigenvalue weighted by Gasteiger charge is 2.56. The second-order valence-electron chi connectivity index (χ2n) is 9.95. The lowest BCUT2D eigenvalue weighted by Crippen LogP contribution is -2.29. The zero-order chi connectivity index (χ0) is 27.4. The van der Waals surface area contributed by atoms with Gasteiger partial charge in [-0.1, -0.05) is 97.1 Å². The molecular weight excluding hydrogens is 500 g/mol. The van der Waals surface area contributed by atoms with E-state index in [-0.39, 0.29) is 28.4 Å². The number of carbonyl (C=O) groups is 4. The number of fused-ring (bicyclic) bond motifs is 2. The first kappa shape index (κ1) is 23.7. The summed E-state index contributed by atoms with van der Waals surface area (Å²) in [4.78, 5) is 56.9. The van der Waals surface area contributed by atoms with Crippen LogP contribution in [0.15, 0.2) is 121 Å². The monoisotopic (exact) mass is 522 g/mol. The topological polar surface area (TPSA) is 74.5 Å². The molecule has 3 amide bonds. The highest BCUT2D eigenvalue weighted by Crippen LogP contribution is 2.46. The fourth-order valence-electron chi connectivity index (χ4n) is 5.66. The lowest BCUT2D eigenvalue weighted by Gasteiger charge is -2.16. The highest BCUT2D eigenvalue weighted by atomic mass is 16.2. The molecule has 5 aromatic carbocycles. The minimum Gasteiger partial charge on any atom is -0.316 e. The van der Waals surface area contributed by atoms with Crippen LogP contribution in [0, 0.1) is 0 Å². The minimum atomic E-state index is -0.657. The summed E-state index contributed by atoms with van der Waals surface area (Å²) in [5.74, 6) is -1.41. The maximum atomic E-state index is 13.8. The highest BCUT2D eigenvalue weighted by molar-refractivity contribution is 6.36. The Morgan fingerprint density at radius 1 is 0.600 bits per heavy atom. The van der Waals surface area contributed by atoms with Crippen LogP contribution in [0.4, 0.5) is 5.69 Å². The third kappa shape index (κ3) is 3.65. The summed E-state index contributed by atoms with van der Waals surface area (Å²) in [7, 11) is 0. The Balaban J connectivity index is 1.23. The predicted molar refractivity (Wildman–Crippen MR) is 151 cm³/mol. The number of rotatable bonds is 5. The maximum absolute atomic E-state index is 13.8. The molecule has 2 aliphatic heterocycles. The van der Waals surface area contributed by atoms with Crippen molar-refractivity contribution in [2.75, 3.05) is 4.90 Å². The number of benzene rings is 5. The Morgan fingerprint density at radius 3 is 2.02 bits per heavy atom. The van der Waals surface area contributed by atoms with Gasteiger partial charge in [-0.15, -0.1) is 0 Å². The van der Waals surface area contributed by atoms with E-state index in [1.165, 1.54) is 17.0 Å². The summed E-state index contributed by atoms with van der Waals surface area (Å²) in [5.41, 5.74) is 2.57. The summed E-state index contributed by atoms with van der Waals surface area (Å²) in [6, 6.07) is 34.9. The number of anilines is 1. The number of amides is 3. The zero-order valence-corrected chi connectivity index (χ0v) is 21.2. The predicted octanol–water partition coefficient (Wildman–Crippen LogP) is 6.09. The van der Waals surface area contributed by atoms with Gasteiger partial charge >= 0.3 is 0 Å². The Labute approximate surface area is 230 Å². The summed E-state index contributed by atoms with van der Waals surface area (Å²) in [6.45, 7) is 0. The molecule has 0 N–H and O–H groups in total. The number of Topliss-reactive ketones (excluding diaryl/α,β-unsaturated/α-hetero) is 1. The standard InChI is InChI=1S/C34H22N2O4/c37-31(23-13-5-2-6-14-23)30-29(22-11-3-1-4-12-22)36(30)32(38)24-18-19-26-27(20-24)34(40)35(33(26)39)28-17-9-15-21-10-7-8-16-25(21)28/h1-20,29-30H/t29-,30-,36?/m1/s1. The van der Waals surface area contributed by atoms with Gasteiger partial charge in [0.15, 0.2) is 5.78 Å². The molecule has 2 heterocycles. The third-order valence-corrected chi connectivity index (χ3v) is 7.65. The molecule has 0 bridgehead atoms. The van der Waals surface area contributed by atoms with Crippen molar-refractivity contribution in [1.82, 2.24) is 4.90 Å². The van der Waals surface area contributed by atoms with Crippen molar-refractivity contribution in [2.24, 2.45) is 0 Å². The Kier molecular flexibility index (Phi) is 5.42. The molecule has 1 saturated heterocycles. The normalized spacial score (nSPS) is 17.7. The second kappa shape index (κ2) is 9.13. The molecule has 40 heavy (non-hydrogen) atoms. The first-order chi connectivity index (χ1) is 19.5. The zero-order valence-electron chi connectivity index (χ0n) is 21.2. The Hall–Kier alpha value is -5.36. The van der Waals surface area contributed by atoms with E-state index in [0.29, 0.717) is 11.3 Å². The van der Waals surface area contributed by atoms with E-state index in [0.717, 1.165) is 16.3 Å². The van der Waals surface area contributed by atoms with Gasteiger partial charge in [-0.05, 0) is 35.2 Å². The number of nitrogens with zero attached hydrogens (tertiary/aromatic N) is 2. The van der Waals surface area contributed by atoms with Gasteiger partial charge in [0.25, 0.3) is 17.7 Å². The molecule has 0 aromatic heterocycles. The average Bonchev–Trinajstić information content (AvgIpc) is 3.71. The van der Waals surface area contributed by atoms with E-state index in [2.05, 4.69) is 0 Å². The van der Waals surface area contributed by atoms with Gasteiger partial charge in [0.05, 0.1) is 22.9 Å². The van der Waals surface area contributed by atoms with Crippen LogP contribution >= 0.6 is 0 Å². The SMILES string of the molecule is O=C(c1ccccc1)[C@H]1[C@@H](c2ccccc2)N1C(=O)c1ccc2c(c1)C(=O)N(c1cccc3ccccc13)C2=O. The van der Waals surface area contributed by atoms with E-state index >= 15 is 0 Å². The van der Waals surface area contributed by atoms with Crippen LogP contribution in [0.2, 0.25) is 0 Å². The first-order valence-electron chi connectivity index (χ1n) is 13.0. The molecule has 2 aliphatic rings. The van der Waals surface area contributed by atoms with Crippen LogP contribution in [0.3, 0.4) is 0 Å². The largest absolute Gasteiger partial charge is 0.316 e. The molecule has 6 nitrogen and oxygen atoms in total. The van der Waals surface area contributed by atoms with Gasteiger partial charge in [-0.25, -0.2) is 4.90 Å². The molecule has 0 spiro atoms. The van der Waals surface area contributed by atoms with Crippen LogP contribution < -0.4 is 4.90 Å². The maximum Gasteiger partial charge on any atom is 0.266 e. The quantitative estimate of drug-likeness (QED) is 0.159. The van der Waals surface area contributed by atoms with E-state index in [4.69, 9.17) is 0 Å². The summed E-state index contributed by atoms with van der Waals surface area (Å²) < 4.78 is 0. The van der Waals surface area contributed by atoms with Crippen molar-refractivity contribution in [3.8, 4) is 0 Å². The van der Waals surface area contributed by atoms with E-state index in [1.54, 1.807) is 41.3 Å². The number of carbonyl (C=O) groups excluding carboxylic acids is 4. The Bertz CT molecular complexity index is 1840. The van der Waals surface area contributed by atoms with Crippen molar-refractivity contribution in [2.45, 2.75) is 12.1 Å². The smallest absolute Gasteiger partial charge is 0.266 e. The molecule has 2 atom stereocenters. The van der Waals surface area contributed by atoms with E-state index in [9.17, 15) is 19.2 Å². The summed E-state index contributed by atoms with van der Waals surface area (Å²) in [5, 5.41) is 1.70.